The van der Waals surface area contributed by atoms with Gasteiger partial charge in [-0.05, 0) is 24.1 Å². The summed E-state index contributed by atoms with van der Waals surface area (Å²) in [4.78, 5) is 18.5. The van der Waals surface area contributed by atoms with Gasteiger partial charge in [-0.15, -0.1) is 4.98 Å². The number of rotatable bonds is 6. The Labute approximate surface area is 144 Å². The number of carbonyl (C=O) groups is 1. The second-order valence-corrected chi connectivity index (χ2v) is 5.47. The molecule has 1 unspecified atom stereocenters. The normalized spacial score (nSPS) is 14.2. The Morgan fingerprint density at radius 1 is 1.28 bits per heavy atom. The van der Waals surface area contributed by atoms with E-state index in [-0.39, 0.29) is 0 Å². The summed E-state index contributed by atoms with van der Waals surface area (Å²) in [5, 5.41) is 12.4. The van der Waals surface area contributed by atoms with E-state index in [4.69, 9.17) is 6.57 Å². The van der Waals surface area contributed by atoms with Crippen LogP contribution in [-0.4, -0.2) is 34.9 Å². The molecule has 1 amide bonds. The number of hydrogen-bond donors (Lipinski definition) is 2. The highest BCUT2D eigenvalue weighted by molar-refractivity contribution is 5.80. The zero-order valence-electron chi connectivity index (χ0n) is 13.5. The third-order valence-corrected chi connectivity index (χ3v) is 3.68. The minimum Gasteiger partial charge on any atom is -0.386 e. The van der Waals surface area contributed by atoms with Crippen molar-refractivity contribution < 1.29 is 18.7 Å². The van der Waals surface area contributed by atoms with E-state index >= 15 is 0 Å². The van der Waals surface area contributed by atoms with Crippen LogP contribution < -0.4 is 5.32 Å². The number of carbonyl (C=O) groups excluding carboxylic acids is 1. The zero-order chi connectivity index (χ0) is 18.4. The van der Waals surface area contributed by atoms with E-state index in [0.29, 0.717) is 11.4 Å². The van der Waals surface area contributed by atoms with E-state index in [9.17, 15) is 18.7 Å². The Bertz CT molecular complexity index is 755. The highest BCUT2D eigenvalue weighted by Crippen LogP contribution is 2.24. The fraction of sp³-hybridized carbons (Fsp3) is 0.278. The summed E-state index contributed by atoms with van der Waals surface area (Å²) in [6.45, 7) is 6.89. The molecule has 0 saturated carbocycles. The van der Waals surface area contributed by atoms with Gasteiger partial charge in [0.1, 0.15) is 19.0 Å². The van der Waals surface area contributed by atoms with Crippen molar-refractivity contribution in [2.75, 3.05) is 6.67 Å². The summed E-state index contributed by atoms with van der Waals surface area (Å²) in [5.74, 6) is -0.677. The van der Waals surface area contributed by atoms with Crippen molar-refractivity contribution in [1.29, 1.82) is 0 Å². The third kappa shape index (κ3) is 4.58. The van der Waals surface area contributed by atoms with Crippen LogP contribution in [0, 0.1) is 6.57 Å². The first-order chi connectivity index (χ1) is 12.0. The number of nitrogens with zero attached hydrogens (tertiary/aromatic N) is 2. The van der Waals surface area contributed by atoms with Crippen molar-refractivity contribution in [2.45, 2.75) is 25.2 Å². The van der Waals surface area contributed by atoms with Gasteiger partial charge in [-0.3, -0.25) is 4.79 Å². The fourth-order valence-corrected chi connectivity index (χ4v) is 2.23. The van der Waals surface area contributed by atoms with Crippen molar-refractivity contribution in [1.82, 2.24) is 10.3 Å². The minimum absolute atomic E-state index is 0.291. The number of aliphatic hydroxyl groups is 1. The molecule has 0 aliphatic rings. The summed E-state index contributed by atoms with van der Waals surface area (Å²) in [6, 6.07) is 8.73. The summed E-state index contributed by atoms with van der Waals surface area (Å²) < 4.78 is 26.0. The molecule has 0 radical (unpaired) electrons. The van der Waals surface area contributed by atoms with Crippen LogP contribution in [0.1, 0.15) is 18.6 Å². The molecule has 7 heteroatoms. The van der Waals surface area contributed by atoms with E-state index in [1.807, 2.05) is 0 Å². The molecule has 1 aromatic heterocycles. The van der Waals surface area contributed by atoms with Crippen LogP contribution in [-0.2, 0) is 4.79 Å². The molecule has 1 aromatic carbocycles. The van der Waals surface area contributed by atoms with Crippen LogP contribution in [0.5, 0.6) is 0 Å². The summed E-state index contributed by atoms with van der Waals surface area (Å²) in [5.41, 5.74) is 1.98. The van der Waals surface area contributed by atoms with Crippen molar-refractivity contribution >= 4 is 11.7 Å². The van der Waals surface area contributed by atoms with Gasteiger partial charge >= 0.3 is 0 Å². The second kappa shape index (κ2) is 8.31. The minimum atomic E-state index is -1.78. The Morgan fingerprint density at radius 2 is 1.92 bits per heavy atom. The lowest BCUT2D eigenvalue weighted by Crippen LogP contribution is -2.43. The molecule has 0 aliphatic carbocycles. The van der Waals surface area contributed by atoms with E-state index in [0.717, 1.165) is 18.1 Å². The lowest BCUT2D eigenvalue weighted by atomic mass is 9.99. The predicted molar refractivity (Wildman–Crippen MR) is 89.4 cm³/mol. The van der Waals surface area contributed by atoms with E-state index in [2.05, 4.69) is 15.1 Å². The SMILES string of the molecule is [C-]#[N+]c1ccc(-c2ccc([C@@H](O)[C@@H](CF)NC(=O)C(C)F)cc2)cn1. The van der Waals surface area contributed by atoms with Crippen LogP contribution in [0.25, 0.3) is 16.0 Å². The molecule has 130 valence electrons. The number of alkyl halides is 2. The molecule has 3 atom stereocenters. The monoisotopic (exact) mass is 345 g/mol. The zero-order valence-corrected chi connectivity index (χ0v) is 13.5. The number of hydrogen-bond acceptors (Lipinski definition) is 3. The molecule has 0 spiro atoms. The van der Waals surface area contributed by atoms with E-state index < -0.39 is 30.9 Å². The molecule has 2 N–H and O–H groups in total. The smallest absolute Gasteiger partial charge is 0.269 e. The summed E-state index contributed by atoms with van der Waals surface area (Å²) >= 11 is 0. The lowest BCUT2D eigenvalue weighted by Gasteiger charge is -2.22. The number of halogens is 2. The van der Waals surface area contributed by atoms with Crippen LogP contribution in [0.15, 0.2) is 42.6 Å². The van der Waals surface area contributed by atoms with Gasteiger partial charge in [-0.25, -0.2) is 8.78 Å². The standard InChI is InChI=1S/C18H17F2N3O2/c1-11(20)18(25)23-15(9-19)17(24)13-5-3-12(4-6-13)14-7-8-16(21-2)22-10-14/h3-8,10-11,15,17,24H,9H2,1H3,(H,23,25)/t11?,15-,17-/m1/s1. The molecular formula is C18H17F2N3O2. The highest BCUT2D eigenvalue weighted by atomic mass is 19.1. The van der Waals surface area contributed by atoms with Gasteiger partial charge in [0.2, 0.25) is 0 Å². The molecule has 0 aliphatic heterocycles. The Kier molecular flexibility index (Phi) is 6.14. The Hall–Kier alpha value is -2.85. The maximum atomic E-state index is 13.1. The van der Waals surface area contributed by atoms with Crippen molar-refractivity contribution in [3.63, 3.8) is 0 Å². The van der Waals surface area contributed by atoms with Crippen LogP contribution in [0.3, 0.4) is 0 Å². The van der Waals surface area contributed by atoms with Crippen molar-refractivity contribution in [2.24, 2.45) is 0 Å². The molecule has 0 saturated heterocycles. The average Bonchev–Trinajstić information content (AvgIpc) is 2.65. The fourth-order valence-electron chi connectivity index (χ4n) is 2.23. The molecule has 2 rings (SSSR count). The van der Waals surface area contributed by atoms with Gasteiger partial charge in [0.15, 0.2) is 6.17 Å². The lowest BCUT2D eigenvalue weighted by molar-refractivity contribution is -0.127. The van der Waals surface area contributed by atoms with Gasteiger partial charge in [0.25, 0.3) is 11.7 Å². The van der Waals surface area contributed by atoms with Gasteiger partial charge in [0, 0.05) is 5.56 Å². The van der Waals surface area contributed by atoms with Crippen LogP contribution in [0.2, 0.25) is 0 Å². The van der Waals surface area contributed by atoms with Gasteiger partial charge in [0.05, 0.1) is 6.04 Å². The number of benzene rings is 1. The number of aromatic nitrogens is 1. The number of nitrogens with one attached hydrogen (secondary N) is 1. The first-order valence-electron chi connectivity index (χ1n) is 7.58. The third-order valence-electron chi connectivity index (χ3n) is 3.68. The Balaban J connectivity index is 2.14. The quantitative estimate of drug-likeness (QED) is 0.791. The average molecular weight is 345 g/mol. The molecule has 0 fully saturated rings. The second-order valence-electron chi connectivity index (χ2n) is 5.47. The summed E-state index contributed by atoms with van der Waals surface area (Å²) in [7, 11) is 0. The topological polar surface area (TPSA) is 66.6 Å². The van der Waals surface area contributed by atoms with Gasteiger partial charge in [-0.2, -0.15) is 0 Å². The molecular weight excluding hydrogens is 328 g/mol. The highest BCUT2D eigenvalue weighted by Gasteiger charge is 2.25. The Morgan fingerprint density at radius 3 is 2.40 bits per heavy atom. The number of aliphatic hydroxyl groups excluding tert-OH is 1. The molecule has 0 bridgehead atoms. The maximum absolute atomic E-state index is 13.1. The van der Waals surface area contributed by atoms with E-state index in [1.54, 1.807) is 42.6 Å². The van der Waals surface area contributed by atoms with Gasteiger partial charge < -0.3 is 15.3 Å². The predicted octanol–water partition coefficient (Wildman–Crippen LogP) is 3.15. The summed E-state index contributed by atoms with van der Waals surface area (Å²) in [6.07, 6.45) is -1.52. The molecule has 25 heavy (non-hydrogen) atoms. The first-order valence-corrected chi connectivity index (χ1v) is 7.58. The van der Waals surface area contributed by atoms with Crippen molar-refractivity contribution in [3.8, 4) is 11.1 Å². The van der Waals surface area contributed by atoms with Crippen LogP contribution in [0.4, 0.5) is 14.6 Å². The number of amides is 1. The first kappa shape index (κ1) is 18.5. The van der Waals surface area contributed by atoms with E-state index in [1.165, 1.54) is 0 Å². The maximum Gasteiger partial charge on any atom is 0.269 e. The van der Waals surface area contributed by atoms with Crippen molar-refractivity contribution in [3.05, 3.63) is 59.6 Å². The molecule has 5 nitrogen and oxygen atoms in total. The van der Waals surface area contributed by atoms with Crippen LogP contribution >= 0.6 is 0 Å². The molecule has 2 aromatic rings. The molecule has 1 heterocycles. The number of pyridine rings is 1. The largest absolute Gasteiger partial charge is 0.386 e. The van der Waals surface area contributed by atoms with Gasteiger partial charge in [-0.1, -0.05) is 36.9 Å².